The lowest BCUT2D eigenvalue weighted by molar-refractivity contribution is -0.177. The van der Waals surface area contributed by atoms with Crippen molar-refractivity contribution in [3.63, 3.8) is 0 Å². The molecule has 0 saturated carbocycles. The van der Waals surface area contributed by atoms with Crippen molar-refractivity contribution in [2.75, 3.05) is 7.11 Å². The van der Waals surface area contributed by atoms with E-state index in [1.165, 1.54) is 7.11 Å². The molecule has 0 spiro atoms. The molecule has 2 unspecified atom stereocenters. The molecule has 2 aromatic heterocycles. The van der Waals surface area contributed by atoms with Crippen LogP contribution in [-0.2, 0) is 16.6 Å². The molecule has 0 aliphatic carbocycles. The number of hydrogen-bond donors (Lipinski definition) is 1. The Hall–Kier alpha value is -3.65. The van der Waals surface area contributed by atoms with Gasteiger partial charge in [-0.05, 0) is 32.4 Å². The average molecular weight is 477 g/mol. The molecular formula is C27H28N2O6. The molecule has 8 nitrogen and oxygen atoms in total. The number of pyridine rings is 2. The molecule has 3 heterocycles. The summed E-state index contributed by atoms with van der Waals surface area (Å²) in [5.74, 6) is 0.283. The van der Waals surface area contributed by atoms with Crippen LogP contribution in [0.15, 0.2) is 41.2 Å². The van der Waals surface area contributed by atoms with Crippen LogP contribution in [0.25, 0.3) is 32.8 Å². The number of aromatic nitrogens is 2. The number of aliphatic hydroxyl groups is 1. The van der Waals surface area contributed by atoms with Gasteiger partial charge in [-0.25, -0.2) is 4.98 Å². The second-order valence-corrected chi connectivity index (χ2v) is 9.47. The standard InChI is InChI=1S/C27H28N2O6/c1-6-9-19(30)34-25-24(32)21-18(35-27(25,2)3)13-17(33-5)20-22(21)29(4)26-15(23(20)31)12-14-10-7-8-11-16(14)28-26/h7-8,10-13,24-25,32H,6,9H2,1-5H3. The quantitative estimate of drug-likeness (QED) is 0.349. The second-order valence-electron chi connectivity index (χ2n) is 9.47. The van der Waals surface area contributed by atoms with Gasteiger partial charge in [-0.2, -0.15) is 0 Å². The minimum absolute atomic E-state index is 0.232. The van der Waals surface area contributed by atoms with Crippen molar-refractivity contribution in [1.29, 1.82) is 0 Å². The molecule has 1 aliphatic heterocycles. The molecular weight excluding hydrogens is 448 g/mol. The molecule has 35 heavy (non-hydrogen) atoms. The van der Waals surface area contributed by atoms with Gasteiger partial charge in [-0.1, -0.05) is 25.1 Å². The van der Waals surface area contributed by atoms with E-state index >= 15 is 0 Å². The lowest BCUT2D eigenvalue weighted by atomic mass is 9.86. The predicted molar refractivity (Wildman–Crippen MR) is 133 cm³/mol. The number of aryl methyl sites for hydroxylation is 1. The molecule has 4 aromatic rings. The van der Waals surface area contributed by atoms with Gasteiger partial charge in [0.2, 0.25) is 5.43 Å². The van der Waals surface area contributed by atoms with Crippen LogP contribution in [0, 0.1) is 0 Å². The summed E-state index contributed by atoms with van der Waals surface area (Å²) in [4.78, 5) is 30.9. The fourth-order valence-corrected chi connectivity index (χ4v) is 4.99. The third kappa shape index (κ3) is 3.51. The molecule has 0 saturated heterocycles. The number of aliphatic hydroxyl groups excluding tert-OH is 1. The Labute approximate surface area is 202 Å². The first kappa shape index (κ1) is 23.1. The third-order valence-electron chi connectivity index (χ3n) is 6.67. The van der Waals surface area contributed by atoms with Crippen LogP contribution in [0.3, 0.4) is 0 Å². The van der Waals surface area contributed by atoms with Crippen LogP contribution in [0.4, 0.5) is 0 Å². The number of para-hydroxylation sites is 1. The maximum atomic E-state index is 13.8. The highest BCUT2D eigenvalue weighted by Gasteiger charge is 2.47. The molecule has 2 aromatic carbocycles. The molecule has 8 heteroatoms. The molecule has 5 rings (SSSR count). The lowest BCUT2D eigenvalue weighted by Crippen LogP contribution is -2.51. The molecule has 0 amide bonds. The first-order valence-corrected chi connectivity index (χ1v) is 11.7. The van der Waals surface area contributed by atoms with E-state index in [1.54, 1.807) is 31.5 Å². The smallest absolute Gasteiger partial charge is 0.306 e. The van der Waals surface area contributed by atoms with Gasteiger partial charge in [0, 0.05) is 24.9 Å². The van der Waals surface area contributed by atoms with Crippen LogP contribution < -0.4 is 14.9 Å². The van der Waals surface area contributed by atoms with Crippen molar-refractivity contribution < 1.29 is 24.1 Å². The van der Waals surface area contributed by atoms with Crippen molar-refractivity contribution in [2.45, 2.75) is 51.4 Å². The summed E-state index contributed by atoms with van der Waals surface area (Å²) in [7, 11) is 3.28. The van der Waals surface area contributed by atoms with E-state index in [9.17, 15) is 14.7 Å². The van der Waals surface area contributed by atoms with Crippen molar-refractivity contribution >= 4 is 38.8 Å². The summed E-state index contributed by atoms with van der Waals surface area (Å²) < 4.78 is 19.3. The van der Waals surface area contributed by atoms with E-state index < -0.39 is 23.8 Å². The molecule has 1 aliphatic rings. The predicted octanol–water partition coefficient (Wildman–Crippen LogP) is 4.16. The highest BCUT2D eigenvalue weighted by atomic mass is 16.6. The zero-order chi connectivity index (χ0) is 25.1. The molecule has 182 valence electrons. The number of hydrogen-bond acceptors (Lipinski definition) is 7. The fourth-order valence-electron chi connectivity index (χ4n) is 4.99. The van der Waals surface area contributed by atoms with E-state index in [-0.39, 0.29) is 11.8 Å². The van der Waals surface area contributed by atoms with Gasteiger partial charge in [0.15, 0.2) is 6.10 Å². The molecule has 0 bridgehead atoms. The van der Waals surface area contributed by atoms with Crippen molar-refractivity contribution in [3.8, 4) is 11.5 Å². The number of benzene rings is 2. The molecule has 1 N–H and O–H groups in total. The van der Waals surface area contributed by atoms with Gasteiger partial charge in [0.1, 0.15) is 28.9 Å². The number of ether oxygens (including phenoxy) is 3. The number of fused-ring (bicyclic) bond motifs is 5. The highest BCUT2D eigenvalue weighted by molar-refractivity contribution is 6.01. The maximum absolute atomic E-state index is 13.8. The number of carbonyl (C=O) groups excluding carboxylic acids is 1. The van der Waals surface area contributed by atoms with Crippen molar-refractivity contribution in [2.24, 2.45) is 7.05 Å². The number of methoxy groups -OCH3 is 1. The Bertz CT molecular complexity index is 1560. The van der Waals surface area contributed by atoms with Crippen molar-refractivity contribution in [1.82, 2.24) is 9.55 Å². The Kier molecular flexibility index (Phi) is 5.44. The topological polar surface area (TPSA) is 99.9 Å². The number of rotatable bonds is 4. The molecule has 2 atom stereocenters. The van der Waals surface area contributed by atoms with Crippen LogP contribution in [0.2, 0.25) is 0 Å². The third-order valence-corrected chi connectivity index (χ3v) is 6.67. The average Bonchev–Trinajstić information content (AvgIpc) is 2.83. The first-order chi connectivity index (χ1) is 16.7. The van der Waals surface area contributed by atoms with E-state index in [0.717, 1.165) is 10.9 Å². The Balaban J connectivity index is 1.86. The van der Waals surface area contributed by atoms with E-state index in [4.69, 9.17) is 19.2 Å². The van der Waals surface area contributed by atoms with Crippen LogP contribution in [0.5, 0.6) is 11.5 Å². The number of carbonyl (C=O) groups is 1. The fraction of sp³-hybridized carbons (Fsp3) is 0.370. The monoisotopic (exact) mass is 476 g/mol. The summed E-state index contributed by atoms with van der Waals surface area (Å²) in [5.41, 5.74) is 0.731. The number of nitrogens with zero attached hydrogens (tertiary/aromatic N) is 2. The minimum atomic E-state index is -1.23. The van der Waals surface area contributed by atoms with Gasteiger partial charge >= 0.3 is 5.97 Å². The van der Waals surface area contributed by atoms with Gasteiger partial charge in [0.25, 0.3) is 0 Å². The van der Waals surface area contributed by atoms with Crippen molar-refractivity contribution in [3.05, 3.63) is 52.2 Å². The van der Waals surface area contributed by atoms with Gasteiger partial charge in [0.05, 0.1) is 34.5 Å². The van der Waals surface area contributed by atoms with Crippen LogP contribution >= 0.6 is 0 Å². The summed E-state index contributed by atoms with van der Waals surface area (Å²) in [6, 6.07) is 11.0. The largest absolute Gasteiger partial charge is 0.496 e. The van der Waals surface area contributed by atoms with Gasteiger partial charge < -0.3 is 23.9 Å². The van der Waals surface area contributed by atoms with Gasteiger partial charge in [-0.15, -0.1) is 0 Å². The second kappa shape index (κ2) is 8.23. The lowest BCUT2D eigenvalue weighted by Gasteiger charge is -2.42. The van der Waals surface area contributed by atoms with Crippen LogP contribution in [-0.4, -0.2) is 39.4 Å². The Morgan fingerprint density at radius 1 is 1.26 bits per heavy atom. The van der Waals surface area contributed by atoms with E-state index in [0.29, 0.717) is 45.4 Å². The normalized spacial score (nSPS) is 18.9. The minimum Gasteiger partial charge on any atom is -0.496 e. The van der Waals surface area contributed by atoms with E-state index in [1.807, 2.05) is 37.3 Å². The number of esters is 1. The van der Waals surface area contributed by atoms with Gasteiger partial charge in [-0.3, -0.25) is 9.59 Å². The Morgan fingerprint density at radius 3 is 2.71 bits per heavy atom. The Morgan fingerprint density at radius 2 is 2.00 bits per heavy atom. The van der Waals surface area contributed by atoms with E-state index in [2.05, 4.69) is 0 Å². The molecule has 0 fully saturated rings. The maximum Gasteiger partial charge on any atom is 0.306 e. The zero-order valence-electron chi connectivity index (χ0n) is 20.4. The summed E-state index contributed by atoms with van der Waals surface area (Å²) in [6.45, 7) is 5.40. The summed E-state index contributed by atoms with van der Waals surface area (Å²) in [5, 5.41) is 13.2. The van der Waals surface area contributed by atoms with Crippen LogP contribution in [0.1, 0.15) is 45.3 Å². The summed E-state index contributed by atoms with van der Waals surface area (Å²) in [6.07, 6.45) is -1.34. The molecule has 0 radical (unpaired) electrons. The SMILES string of the molecule is CCCC(=O)OC1C(O)c2c(cc(OC)c3c(=O)c4cc5ccccc5nc4n(C)c23)OC1(C)C. The first-order valence-electron chi connectivity index (χ1n) is 11.7. The summed E-state index contributed by atoms with van der Waals surface area (Å²) >= 11 is 0. The highest BCUT2D eigenvalue weighted by Crippen LogP contribution is 2.47. The zero-order valence-corrected chi connectivity index (χ0v) is 20.4.